The zero-order chi connectivity index (χ0) is 10.8. The van der Waals surface area contributed by atoms with Gasteiger partial charge in [-0.2, -0.15) is 0 Å². The van der Waals surface area contributed by atoms with E-state index < -0.39 is 0 Å². The van der Waals surface area contributed by atoms with Crippen molar-refractivity contribution >= 4 is 0 Å². The van der Waals surface area contributed by atoms with E-state index in [2.05, 4.69) is 37.4 Å². The zero-order valence-corrected chi connectivity index (χ0v) is 9.71. The SMILES string of the molecule is CCc1cccc2c1OC(CC)C2NC. The van der Waals surface area contributed by atoms with Crippen LogP contribution in [0.4, 0.5) is 0 Å². The second-order valence-corrected chi connectivity index (χ2v) is 4.02. The van der Waals surface area contributed by atoms with Gasteiger partial charge in [-0.25, -0.2) is 0 Å². The van der Waals surface area contributed by atoms with Crippen molar-refractivity contribution in [2.24, 2.45) is 0 Å². The van der Waals surface area contributed by atoms with Crippen LogP contribution in [0, 0.1) is 0 Å². The van der Waals surface area contributed by atoms with Crippen molar-refractivity contribution in [3.05, 3.63) is 29.3 Å². The molecule has 15 heavy (non-hydrogen) atoms. The van der Waals surface area contributed by atoms with Gasteiger partial charge in [-0.3, -0.25) is 0 Å². The summed E-state index contributed by atoms with van der Waals surface area (Å²) in [6.07, 6.45) is 2.37. The number of para-hydroxylation sites is 1. The predicted octanol–water partition coefficient (Wildman–Crippen LogP) is 2.68. The maximum Gasteiger partial charge on any atom is 0.127 e. The van der Waals surface area contributed by atoms with Gasteiger partial charge < -0.3 is 10.1 Å². The number of hydrogen-bond acceptors (Lipinski definition) is 2. The van der Waals surface area contributed by atoms with Crippen LogP contribution in [0.25, 0.3) is 0 Å². The minimum Gasteiger partial charge on any atom is -0.488 e. The molecule has 1 aromatic rings. The van der Waals surface area contributed by atoms with E-state index in [0.717, 1.165) is 18.6 Å². The van der Waals surface area contributed by atoms with E-state index in [1.165, 1.54) is 11.1 Å². The maximum atomic E-state index is 6.02. The van der Waals surface area contributed by atoms with Gasteiger partial charge in [0.15, 0.2) is 0 Å². The lowest BCUT2D eigenvalue weighted by atomic mass is 9.99. The molecule has 1 heterocycles. The lowest BCUT2D eigenvalue weighted by Gasteiger charge is -2.16. The molecule has 0 aliphatic carbocycles. The van der Waals surface area contributed by atoms with E-state index in [4.69, 9.17) is 4.74 Å². The maximum absolute atomic E-state index is 6.02. The highest BCUT2D eigenvalue weighted by atomic mass is 16.5. The molecular weight excluding hydrogens is 186 g/mol. The molecule has 0 bridgehead atoms. The quantitative estimate of drug-likeness (QED) is 0.819. The molecule has 0 spiro atoms. The van der Waals surface area contributed by atoms with Crippen LogP contribution in [0.15, 0.2) is 18.2 Å². The summed E-state index contributed by atoms with van der Waals surface area (Å²) >= 11 is 0. The fourth-order valence-electron chi connectivity index (χ4n) is 2.35. The van der Waals surface area contributed by atoms with E-state index in [-0.39, 0.29) is 6.10 Å². The first-order chi connectivity index (χ1) is 7.31. The van der Waals surface area contributed by atoms with Crippen molar-refractivity contribution < 1.29 is 4.74 Å². The molecule has 0 fully saturated rings. The van der Waals surface area contributed by atoms with Crippen LogP contribution in [0.1, 0.15) is 37.4 Å². The molecule has 1 aliphatic heterocycles. The number of likely N-dealkylation sites (N-methyl/N-ethyl adjacent to an activating group) is 1. The van der Waals surface area contributed by atoms with Crippen molar-refractivity contribution in [3.63, 3.8) is 0 Å². The van der Waals surface area contributed by atoms with E-state index in [9.17, 15) is 0 Å². The third-order valence-electron chi connectivity index (χ3n) is 3.20. The molecule has 82 valence electrons. The minimum atomic E-state index is 0.290. The lowest BCUT2D eigenvalue weighted by Crippen LogP contribution is -2.27. The Morgan fingerprint density at radius 3 is 2.73 bits per heavy atom. The summed E-state index contributed by atoms with van der Waals surface area (Å²) in [6, 6.07) is 6.81. The Hall–Kier alpha value is -1.02. The number of nitrogens with one attached hydrogen (secondary N) is 1. The fourth-order valence-corrected chi connectivity index (χ4v) is 2.35. The average molecular weight is 205 g/mol. The van der Waals surface area contributed by atoms with Gasteiger partial charge in [-0.05, 0) is 25.5 Å². The van der Waals surface area contributed by atoms with Gasteiger partial charge in [0.05, 0.1) is 6.04 Å². The Bertz CT molecular complexity index is 348. The molecule has 0 saturated heterocycles. The van der Waals surface area contributed by atoms with E-state index >= 15 is 0 Å². The summed E-state index contributed by atoms with van der Waals surface area (Å²) in [7, 11) is 2.00. The monoisotopic (exact) mass is 205 g/mol. The second-order valence-electron chi connectivity index (χ2n) is 4.02. The highest BCUT2D eigenvalue weighted by Gasteiger charge is 2.32. The van der Waals surface area contributed by atoms with Gasteiger partial charge in [-0.1, -0.05) is 32.0 Å². The first-order valence-corrected chi connectivity index (χ1v) is 5.77. The van der Waals surface area contributed by atoms with Crippen molar-refractivity contribution in [2.75, 3.05) is 7.05 Å². The summed E-state index contributed by atoms with van der Waals surface area (Å²) in [4.78, 5) is 0. The van der Waals surface area contributed by atoms with Gasteiger partial charge in [-0.15, -0.1) is 0 Å². The van der Waals surface area contributed by atoms with Crippen molar-refractivity contribution in [1.82, 2.24) is 5.32 Å². The molecule has 0 amide bonds. The molecular formula is C13H19NO. The standard InChI is InChI=1S/C13H19NO/c1-4-9-7-6-8-10-12(14-3)11(5-2)15-13(9)10/h6-8,11-12,14H,4-5H2,1-3H3. The molecule has 2 atom stereocenters. The first-order valence-electron chi connectivity index (χ1n) is 5.77. The lowest BCUT2D eigenvalue weighted by molar-refractivity contribution is 0.188. The summed E-state index contributed by atoms with van der Waals surface area (Å²) in [5, 5.41) is 3.35. The van der Waals surface area contributed by atoms with Gasteiger partial charge in [0.2, 0.25) is 0 Å². The number of ether oxygens (including phenoxy) is 1. The summed E-state index contributed by atoms with van der Waals surface area (Å²) in [6.45, 7) is 4.35. The Labute approximate surface area is 91.6 Å². The largest absolute Gasteiger partial charge is 0.488 e. The zero-order valence-electron chi connectivity index (χ0n) is 9.71. The van der Waals surface area contributed by atoms with Gasteiger partial charge in [0.25, 0.3) is 0 Å². The summed E-state index contributed by atoms with van der Waals surface area (Å²) < 4.78 is 6.02. The van der Waals surface area contributed by atoms with Crippen LogP contribution in [0.5, 0.6) is 5.75 Å². The summed E-state index contributed by atoms with van der Waals surface area (Å²) in [5.74, 6) is 1.12. The van der Waals surface area contributed by atoms with Crippen LogP contribution in [0.3, 0.4) is 0 Å². The summed E-state index contributed by atoms with van der Waals surface area (Å²) in [5.41, 5.74) is 2.65. The number of rotatable bonds is 3. The van der Waals surface area contributed by atoms with Gasteiger partial charge in [0.1, 0.15) is 11.9 Å². The smallest absolute Gasteiger partial charge is 0.127 e. The molecule has 2 rings (SSSR count). The number of hydrogen-bond donors (Lipinski definition) is 1. The Morgan fingerprint density at radius 2 is 2.13 bits per heavy atom. The minimum absolute atomic E-state index is 0.290. The van der Waals surface area contributed by atoms with Crippen LogP contribution >= 0.6 is 0 Å². The first kappa shape index (κ1) is 10.5. The van der Waals surface area contributed by atoms with Crippen LogP contribution in [-0.4, -0.2) is 13.2 Å². The molecule has 1 aliphatic rings. The topological polar surface area (TPSA) is 21.3 Å². The fraction of sp³-hybridized carbons (Fsp3) is 0.538. The third kappa shape index (κ3) is 1.63. The van der Waals surface area contributed by atoms with Crippen molar-refractivity contribution in [3.8, 4) is 5.75 Å². The average Bonchev–Trinajstić information content (AvgIpc) is 2.66. The highest BCUT2D eigenvalue weighted by molar-refractivity contribution is 5.47. The number of aryl methyl sites for hydroxylation is 1. The van der Waals surface area contributed by atoms with E-state index in [1.54, 1.807) is 0 Å². The number of fused-ring (bicyclic) bond motifs is 1. The van der Waals surface area contributed by atoms with Gasteiger partial charge >= 0.3 is 0 Å². The van der Waals surface area contributed by atoms with E-state index in [0.29, 0.717) is 6.04 Å². The van der Waals surface area contributed by atoms with Crippen molar-refractivity contribution in [1.29, 1.82) is 0 Å². The Balaban J connectivity index is 2.41. The number of benzene rings is 1. The predicted molar refractivity (Wildman–Crippen MR) is 62.3 cm³/mol. The highest BCUT2D eigenvalue weighted by Crippen LogP contribution is 2.40. The normalized spacial score (nSPS) is 23.7. The molecule has 1 N–H and O–H groups in total. The van der Waals surface area contributed by atoms with Crippen molar-refractivity contribution in [2.45, 2.75) is 38.8 Å². The van der Waals surface area contributed by atoms with Crippen LogP contribution in [0.2, 0.25) is 0 Å². The molecule has 1 aromatic carbocycles. The molecule has 2 nitrogen and oxygen atoms in total. The van der Waals surface area contributed by atoms with E-state index in [1.807, 2.05) is 7.05 Å². The van der Waals surface area contributed by atoms with Crippen LogP contribution in [-0.2, 0) is 6.42 Å². The third-order valence-corrected chi connectivity index (χ3v) is 3.20. The molecule has 2 unspecified atom stereocenters. The second kappa shape index (κ2) is 4.23. The Kier molecular flexibility index (Phi) is 2.96. The molecule has 0 radical (unpaired) electrons. The molecule has 0 aromatic heterocycles. The van der Waals surface area contributed by atoms with Gasteiger partial charge in [0, 0.05) is 5.56 Å². The Morgan fingerprint density at radius 1 is 1.33 bits per heavy atom. The molecule has 2 heteroatoms. The molecule has 0 saturated carbocycles. The van der Waals surface area contributed by atoms with Crippen LogP contribution < -0.4 is 10.1 Å².